The summed E-state index contributed by atoms with van der Waals surface area (Å²) in [6.45, 7) is 6.31. The molecule has 6 heteroatoms. The van der Waals surface area contributed by atoms with Crippen LogP contribution in [-0.2, 0) is 10.0 Å². The number of nitrogens with zero attached hydrogens (tertiary/aromatic N) is 1. The van der Waals surface area contributed by atoms with Gasteiger partial charge in [-0.25, -0.2) is 13.1 Å². The molecule has 0 spiro atoms. The maximum atomic E-state index is 11.9. The Bertz CT molecular complexity index is 584. The fourth-order valence-electron chi connectivity index (χ4n) is 2.63. The molecule has 5 nitrogen and oxygen atoms in total. The van der Waals surface area contributed by atoms with Crippen LogP contribution in [-0.4, -0.2) is 28.6 Å². The van der Waals surface area contributed by atoms with Gasteiger partial charge in [-0.15, -0.1) is 0 Å². The zero-order chi connectivity index (χ0) is 14.9. The van der Waals surface area contributed by atoms with Gasteiger partial charge in [-0.1, -0.05) is 13.8 Å². The molecule has 0 aliphatic carbocycles. The van der Waals surface area contributed by atoms with Crippen LogP contribution >= 0.6 is 0 Å². The van der Waals surface area contributed by atoms with Gasteiger partial charge in [-0.2, -0.15) is 0 Å². The fraction of sp³-hybridized carbons (Fsp3) is 0.571. The molecule has 0 saturated carbocycles. The summed E-state index contributed by atoms with van der Waals surface area (Å²) in [4.78, 5) is 2.45. The lowest BCUT2D eigenvalue weighted by Crippen LogP contribution is -2.23. The van der Waals surface area contributed by atoms with Gasteiger partial charge in [-0.3, -0.25) is 0 Å². The molecule has 0 amide bonds. The lowest BCUT2D eigenvalue weighted by molar-refractivity contribution is 0.423. The first-order valence-electron chi connectivity index (χ1n) is 6.93. The van der Waals surface area contributed by atoms with Crippen molar-refractivity contribution in [2.45, 2.75) is 25.2 Å². The van der Waals surface area contributed by atoms with Gasteiger partial charge in [0.25, 0.3) is 0 Å². The molecule has 3 N–H and O–H groups in total. The number of benzene rings is 1. The molecule has 112 valence electrons. The van der Waals surface area contributed by atoms with Crippen LogP contribution in [0.2, 0.25) is 0 Å². The van der Waals surface area contributed by atoms with Crippen molar-refractivity contribution in [3.05, 3.63) is 18.2 Å². The van der Waals surface area contributed by atoms with Gasteiger partial charge < -0.3 is 10.6 Å². The van der Waals surface area contributed by atoms with E-state index in [2.05, 4.69) is 23.5 Å². The van der Waals surface area contributed by atoms with Crippen LogP contribution in [0.3, 0.4) is 0 Å². The third-order valence-corrected chi connectivity index (χ3v) is 5.50. The summed E-state index contributed by atoms with van der Waals surface area (Å²) in [5.41, 5.74) is 7.47. The van der Waals surface area contributed by atoms with Crippen LogP contribution in [0, 0.1) is 11.8 Å². The summed E-state index contributed by atoms with van der Waals surface area (Å²) in [6, 6.07) is 4.88. The van der Waals surface area contributed by atoms with Crippen LogP contribution in [0.5, 0.6) is 0 Å². The Labute approximate surface area is 121 Å². The maximum Gasteiger partial charge on any atom is 0.240 e. The summed E-state index contributed by atoms with van der Waals surface area (Å²) >= 11 is 0. The summed E-state index contributed by atoms with van der Waals surface area (Å²) in [5.74, 6) is 1.27. The quantitative estimate of drug-likeness (QED) is 0.829. The number of rotatable bonds is 4. The van der Waals surface area contributed by atoms with E-state index in [0.717, 1.165) is 25.2 Å². The SMILES string of the molecule is CNS(=O)(=O)c1ccc(N)c(N2CCC(C(C)C)C2)c1. The molecule has 1 fully saturated rings. The highest BCUT2D eigenvalue weighted by Crippen LogP contribution is 2.33. The number of nitrogens with two attached hydrogens (primary N) is 1. The van der Waals surface area contributed by atoms with Crippen LogP contribution in [0.15, 0.2) is 23.1 Å². The van der Waals surface area contributed by atoms with Gasteiger partial charge >= 0.3 is 0 Å². The lowest BCUT2D eigenvalue weighted by Gasteiger charge is -2.22. The van der Waals surface area contributed by atoms with Crippen molar-refractivity contribution in [2.24, 2.45) is 11.8 Å². The summed E-state index contributed by atoms with van der Waals surface area (Å²) in [7, 11) is -2.02. The number of nitrogen functional groups attached to an aromatic ring is 1. The van der Waals surface area contributed by atoms with Crippen LogP contribution in [0.1, 0.15) is 20.3 Å². The molecule has 1 aromatic carbocycles. The highest BCUT2D eigenvalue weighted by molar-refractivity contribution is 7.89. The average Bonchev–Trinajstić information content (AvgIpc) is 2.88. The minimum Gasteiger partial charge on any atom is -0.397 e. The molecule has 1 heterocycles. The van der Waals surface area contributed by atoms with Gasteiger partial charge in [0.2, 0.25) is 10.0 Å². The molecule has 2 rings (SSSR count). The molecule has 0 bridgehead atoms. The van der Waals surface area contributed by atoms with Crippen LogP contribution < -0.4 is 15.4 Å². The number of anilines is 2. The standard InChI is InChI=1S/C14H23N3O2S/c1-10(2)11-6-7-17(9-11)14-8-12(4-5-13(14)15)20(18,19)16-3/h4-5,8,10-11,16H,6-7,9,15H2,1-3H3. The predicted molar refractivity (Wildman–Crippen MR) is 82.3 cm³/mol. The molecule has 0 radical (unpaired) electrons. The monoisotopic (exact) mass is 297 g/mol. The third kappa shape index (κ3) is 2.91. The van der Waals surface area contributed by atoms with E-state index >= 15 is 0 Å². The number of sulfonamides is 1. The first-order chi connectivity index (χ1) is 9.35. The summed E-state index contributed by atoms with van der Waals surface area (Å²) < 4.78 is 26.1. The molecular formula is C14H23N3O2S. The number of nitrogens with one attached hydrogen (secondary N) is 1. The predicted octanol–water partition coefficient (Wildman–Crippen LogP) is 1.66. The Kier molecular flexibility index (Phi) is 4.25. The molecule has 20 heavy (non-hydrogen) atoms. The Balaban J connectivity index is 2.31. The van der Waals surface area contributed by atoms with Crippen molar-refractivity contribution < 1.29 is 8.42 Å². The average molecular weight is 297 g/mol. The number of hydrogen-bond acceptors (Lipinski definition) is 4. The normalized spacial score (nSPS) is 19.8. The third-order valence-electron chi connectivity index (χ3n) is 4.09. The Morgan fingerprint density at radius 3 is 2.65 bits per heavy atom. The molecule has 1 atom stereocenters. The zero-order valence-electron chi connectivity index (χ0n) is 12.3. The van der Waals surface area contributed by atoms with E-state index in [-0.39, 0.29) is 4.90 Å². The van der Waals surface area contributed by atoms with E-state index in [1.54, 1.807) is 18.2 Å². The van der Waals surface area contributed by atoms with E-state index in [0.29, 0.717) is 17.5 Å². The zero-order valence-corrected chi connectivity index (χ0v) is 13.1. The van der Waals surface area contributed by atoms with Crippen LogP contribution in [0.25, 0.3) is 0 Å². The molecule has 1 unspecified atom stereocenters. The minimum atomic E-state index is -3.43. The van der Waals surface area contributed by atoms with E-state index in [9.17, 15) is 8.42 Å². The van der Waals surface area contributed by atoms with Crippen molar-refractivity contribution in [3.8, 4) is 0 Å². The summed E-state index contributed by atoms with van der Waals surface area (Å²) in [6.07, 6.45) is 1.13. The first kappa shape index (κ1) is 15.1. The smallest absolute Gasteiger partial charge is 0.240 e. The molecule has 1 aliphatic rings. The minimum absolute atomic E-state index is 0.261. The van der Waals surface area contributed by atoms with Gasteiger partial charge in [0, 0.05) is 13.1 Å². The van der Waals surface area contributed by atoms with E-state index in [1.807, 2.05) is 0 Å². The molecule has 1 saturated heterocycles. The Hall–Kier alpha value is -1.27. The maximum absolute atomic E-state index is 11.9. The number of hydrogen-bond donors (Lipinski definition) is 2. The molecule has 0 aromatic heterocycles. The Morgan fingerprint density at radius 1 is 1.40 bits per heavy atom. The van der Waals surface area contributed by atoms with E-state index in [4.69, 9.17) is 5.73 Å². The van der Waals surface area contributed by atoms with E-state index < -0.39 is 10.0 Å². The largest absolute Gasteiger partial charge is 0.397 e. The highest BCUT2D eigenvalue weighted by Gasteiger charge is 2.26. The van der Waals surface area contributed by atoms with Gasteiger partial charge in [-0.05, 0) is 43.5 Å². The molecular weight excluding hydrogens is 274 g/mol. The van der Waals surface area contributed by atoms with Gasteiger partial charge in [0.05, 0.1) is 16.3 Å². The van der Waals surface area contributed by atoms with Gasteiger partial charge in [0.1, 0.15) is 0 Å². The highest BCUT2D eigenvalue weighted by atomic mass is 32.2. The van der Waals surface area contributed by atoms with E-state index in [1.165, 1.54) is 7.05 Å². The second-order valence-corrected chi connectivity index (χ2v) is 7.55. The van der Waals surface area contributed by atoms with Gasteiger partial charge in [0.15, 0.2) is 0 Å². The van der Waals surface area contributed by atoms with Crippen LogP contribution in [0.4, 0.5) is 11.4 Å². The lowest BCUT2D eigenvalue weighted by atomic mass is 9.95. The fourth-order valence-corrected chi connectivity index (χ4v) is 3.38. The van der Waals surface area contributed by atoms with Crippen molar-refractivity contribution >= 4 is 21.4 Å². The molecule has 1 aliphatic heterocycles. The Morgan fingerprint density at radius 2 is 2.10 bits per heavy atom. The van der Waals surface area contributed by atoms with Crippen molar-refractivity contribution in [3.63, 3.8) is 0 Å². The topological polar surface area (TPSA) is 75.4 Å². The van der Waals surface area contributed by atoms with Crippen molar-refractivity contribution in [1.29, 1.82) is 0 Å². The second-order valence-electron chi connectivity index (χ2n) is 5.67. The van der Waals surface area contributed by atoms with Crippen molar-refractivity contribution in [2.75, 3.05) is 30.8 Å². The first-order valence-corrected chi connectivity index (χ1v) is 8.41. The van der Waals surface area contributed by atoms with Crippen molar-refractivity contribution in [1.82, 2.24) is 4.72 Å². The summed E-state index contributed by atoms with van der Waals surface area (Å²) in [5, 5.41) is 0. The molecule has 1 aromatic rings. The second kappa shape index (κ2) is 5.61.